The molecule has 4 rings (SSSR count). The number of carbonyl (C=O) groups is 2. The number of fused-ring (bicyclic) bond motifs is 1. The molecule has 152 valence electrons. The highest BCUT2D eigenvalue weighted by Gasteiger charge is 2.37. The molecule has 2 aromatic rings. The lowest BCUT2D eigenvalue weighted by Gasteiger charge is -2.33. The van der Waals surface area contributed by atoms with Gasteiger partial charge in [-0.25, -0.2) is 4.79 Å². The number of rotatable bonds is 4. The van der Waals surface area contributed by atoms with E-state index < -0.39 is 17.6 Å². The van der Waals surface area contributed by atoms with Crippen molar-refractivity contribution in [2.45, 2.75) is 31.9 Å². The van der Waals surface area contributed by atoms with Crippen LogP contribution in [0.2, 0.25) is 0 Å². The van der Waals surface area contributed by atoms with Crippen molar-refractivity contribution in [2.75, 3.05) is 13.7 Å². The van der Waals surface area contributed by atoms with Gasteiger partial charge in [0.1, 0.15) is 12.2 Å². The second-order valence-corrected chi connectivity index (χ2v) is 7.22. The van der Waals surface area contributed by atoms with Crippen LogP contribution < -0.4 is 20.4 Å². The first kappa shape index (κ1) is 19.0. The maximum atomic E-state index is 12.5. The summed E-state index contributed by atoms with van der Waals surface area (Å²) in [5.74, 6) is 0.485. The second kappa shape index (κ2) is 7.62. The molecule has 8 nitrogen and oxygen atoms in total. The molecule has 1 aromatic carbocycles. The zero-order valence-electron chi connectivity index (χ0n) is 16.1. The summed E-state index contributed by atoms with van der Waals surface area (Å²) in [5.41, 5.74) is -0.295. The summed E-state index contributed by atoms with van der Waals surface area (Å²) in [6.07, 6.45) is 0.405. The minimum atomic E-state index is -0.733. The van der Waals surface area contributed by atoms with Gasteiger partial charge in [0.25, 0.3) is 5.91 Å². The Morgan fingerprint density at radius 2 is 1.90 bits per heavy atom. The van der Waals surface area contributed by atoms with Crippen molar-refractivity contribution in [3.05, 3.63) is 57.6 Å². The number of para-hydroxylation sites is 2. The molecule has 2 heterocycles. The fourth-order valence-corrected chi connectivity index (χ4v) is 3.58. The lowest BCUT2D eigenvalue weighted by molar-refractivity contribution is -0.149. The number of nitrogens with one attached hydrogen (secondary N) is 1. The summed E-state index contributed by atoms with van der Waals surface area (Å²) >= 11 is 0. The van der Waals surface area contributed by atoms with Crippen LogP contribution in [0.3, 0.4) is 0 Å². The van der Waals surface area contributed by atoms with Gasteiger partial charge in [-0.2, -0.15) is 0 Å². The Hall–Kier alpha value is -3.29. The van der Waals surface area contributed by atoms with E-state index in [1.54, 1.807) is 25.1 Å². The van der Waals surface area contributed by atoms with Crippen LogP contribution in [0.5, 0.6) is 11.5 Å². The summed E-state index contributed by atoms with van der Waals surface area (Å²) in [4.78, 5) is 36.5. The van der Waals surface area contributed by atoms with E-state index in [0.29, 0.717) is 35.7 Å². The quantitative estimate of drug-likeness (QED) is 0.786. The summed E-state index contributed by atoms with van der Waals surface area (Å²) in [6.45, 7) is 1.87. The van der Waals surface area contributed by atoms with Gasteiger partial charge < -0.3 is 23.9 Å². The van der Waals surface area contributed by atoms with E-state index in [-0.39, 0.29) is 30.1 Å². The third-order valence-electron chi connectivity index (χ3n) is 5.23. The predicted molar refractivity (Wildman–Crippen MR) is 101 cm³/mol. The number of esters is 1. The minimum Gasteiger partial charge on any atom is -0.485 e. The fraction of sp³-hybridized carbons (Fsp3) is 0.381. The van der Waals surface area contributed by atoms with Crippen molar-refractivity contribution in [3.8, 4) is 11.5 Å². The van der Waals surface area contributed by atoms with Crippen LogP contribution in [0.4, 0.5) is 0 Å². The van der Waals surface area contributed by atoms with Gasteiger partial charge in [-0.15, -0.1) is 0 Å². The summed E-state index contributed by atoms with van der Waals surface area (Å²) < 4.78 is 21.6. The van der Waals surface area contributed by atoms with Crippen molar-refractivity contribution in [1.82, 2.24) is 5.32 Å². The zero-order valence-corrected chi connectivity index (χ0v) is 16.1. The van der Waals surface area contributed by atoms with Gasteiger partial charge in [-0.3, -0.25) is 9.59 Å². The van der Waals surface area contributed by atoms with Gasteiger partial charge in [0.15, 0.2) is 23.4 Å². The summed E-state index contributed by atoms with van der Waals surface area (Å²) in [5, 5.41) is 2.77. The van der Waals surface area contributed by atoms with E-state index in [1.165, 1.54) is 7.11 Å². The van der Waals surface area contributed by atoms with Crippen molar-refractivity contribution in [3.63, 3.8) is 0 Å². The Balaban J connectivity index is 1.46. The molecule has 1 aliphatic heterocycles. The Morgan fingerprint density at radius 3 is 2.59 bits per heavy atom. The SMILES string of the molecule is COC(=O)C1CC(NC(=O)c2c(C)cc(C3COc4ccccc4O3)oc2=O)C1. The highest BCUT2D eigenvalue weighted by molar-refractivity contribution is 5.95. The summed E-state index contributed by atoms with van der Waals surface area (Å²) in [6, 6.07) is 8.69. The third-order valence-corrected chi connectivity index (χ3v) is 5.23. The van der Waals surface area contributed by atoms with E-state index in [2.05, 4.69) is 10.1 Å². The first-order valence-electron chi connectivity index (χ1n) is 9.38. The van der Waals surface area contributed by atoms with E-state index in [1.807, 2.05) is 12.1 Å². The van der Waals surface area contributed by atoms with Crippen LogP contribution >= 0.6 is 0 Å². The van der Waals surface area contributed by atoms with Gasteiger partial charge >= 0.3 is 11.6 Å². The number of hydrogen-bond acceptors (Lipinski definition) is 7. The number of hydrogen-bond donors (Lipinski definition) is 1. The summed E-state index contributed by atoms with van der Waals surface area (Å²) in [7, 11) is 1.34. The molecule has 1 saturated carbocycles. The van der Waals surface area contributed by atoms with Crippen molar-refractivity contribution < 1.29 is 28.2 Å². The Morgan fingerprint density at radius 1 is 1.17 bits per heavy atom. The Bertz CT molecular complexity index is 1010. The second-order valence-electron chi connectivity index (χ2n) is 7.22. The van der Waals surface area contributed by atoms with Gasteiger partial charge in [0.2, 0.25) is 0 Å². The lowest BCUT2D eigenvalue weighted by Crippen LogP contribution is -2.48. The standard InChI is InChI=1S/C21H21NO7/c1-11-7-16(17-10-27-14-5-3-4-6-15(14)28-17)29-21(25)18(11)19(23)22-13-8-12(9-13)20(24)26-2/h3-7,12-13,17H,8-10H2,1-2H3,(H,22,23). The van der Waals surface area contributed by atoms with E-state index >= 15 is 0 Å². The molecule has 1 fully saturated rings. The van der Waals surface area contributed by atoms with Crippen molar-refractivity contribution in [2.24, 2.45) is 5.92 Å². The molecule has 1 unspecified atom stereocenters. The number of ether oxygens (including phenoxy) is 3. The first-order chi connectivity index (χ1) is 14.0. The molecule has 0 radical (unpaired) electrons. The number of aryl methyl sites for hydroxylation is 1. The van der Waals surface area contributed by atoms with Gasteiger partial charge in [0, 0.05) is 6.04 Å². The number of carbonyl (C=O) groups excluding carboxylic acids is 2. The first-order valence-corrected chi connectivity index (χ1v) is 9.38. The largest absolute Gasteiger partial charge is 0.485 e. The van der Waals surface area contributed by atoms with Crippen LogP contribution in [0.1, 0.15) is 40.6 Å². The molecule has 1 aromatic heterocycles. The topological polar surface area (TPSA) is 104 Å². The molecular formula is C21H21NO7. The monoisotopic (exact) mass is 399 g/mol. The van der Waals surface area contributed by atoms with Crippen LogP contribution in [-0.2, 0) is 9.53 Å². The smallest absolute Gasteiger partial charge is 0.349 e. The van der Waals surface area contributed by atoms with Crippen LogP contribution in [0, 0.1) is 12.8 Å². The molecule has 8 heteroatoms. The van der Waals surface area contributed by atoms with Crippen LogP contribution in [0.15, 0.2) is 39.5 Å². The Kier molecular flexibility index (Phi) is 5.00. The maximum Gasteiger partial charge on any atom is 0.349 e. The van der Waals surface area contributed by atoms with Crippen molar-refractivity contribution in [1.29, 1.82) is 0 Å². The van der Waals surface area contributed by atoms with Gasteiger partial charge in [0.05, 0.1) is 13.0 Å². The zero-order chi connectivity index (χ0) is 20.5. The number of amides is 1. The average Bonchev–Trinajstić information content (AvgIpc) is 2.68. The molecule has 0 spiro atoms. The van der Waals surface area contributed by atoms with Crippen LogP contribution in [-0.4, -0.2) is 31.6 Å². The van der Waals surface area contributed by atoms with Crippen molar-refractivity contribution >= 4 is 11.9 Å². The van der Waals surface area contributed by atoms with E-state index in [4.69, 9.17) is 13.9 Å². The third kappa shape index (κ3) is 3.70. The molecule has 1 atom stereocenters. The fourth-order valence-electron chi connectivity index (χ4n) is 3.58. The van der Waals surface area contributed by atoms with Gasteiger partial charge in [-0.05, 0) is 43.5 Å². The number of benzene rings is 1. The molecule has 29 heavy (non-hydrogen) atoms. The highest BCUT2D eigenvalue weighted by atomic mass is 16.6. The normalized spacial score (nSPS) is 22.3. The molecule has 0 bridgehead atoms. The Labute approximate surface area is 166 Å². The number of methoxy groups -OCH3 is 1. The van der Waals surface area contributed by atoms with E-state index in [9.17, 15) is 14.4 Å². The lowest BCUT2D eigenvalue weighted by atomic mass is 9.80. The van der Waals surface area contributed by atoms with Crippen LogP contribution in [0.25, 0.3) is 0 Å². The molecular weight excluding hydrogens is 378 g/mol. The average molecular weight is 399 g/mol. The predicted octanol–water partition coefficient (Wildman–Crippen LogP) is 2.14. The molecule has 0 saturated heterocycles. The maximum absolute atomic E-state index is 12.5. The molecule has 1 aliphatic carbocycles. The minimum absolute atomic E-state index is 0.0487. The molecule has 2 aliphatic rings. The van der Waals surface area contributed by atoms with Gasteiger partial charge in [-0.1, -0.05) is 12.1 Å². The molecule has 1 amide bonds. The molecule has 1 N–H and O–H groups in total. The highest BCUT2D eigenvalue weighted by Crippen LogP contribution is 2.36. The van der Waals surface area contributed by atoms with E-state index in [0.717, 1.165) is 0 Å².